The maximum absolute atomic E-state index is 12.0. The SMILES string of the molecule is CC(NC(=O)C1CCCOC1)c1ccc(Br)cc1. The van der Waals surface area contributed by atoms with Crippen LogP contribution in [-0.4, -0.2) is 19.1 Å². The molecule has 1 aromatic carbocycles. The van der Waals surface area contributed by atoms with Crippen molar-refractivity contribution in [3.8, 4) is 0 Å². The molecule has 1 fully saturated rings. The first-order valence-corrected chi connectivity index (χ1v) is 7.09. The van der Waals surface area contributed by atoms with E-state index in [4.69, 9.17) is 4.74 Å². The van der Waals surface area contributed by atoms with Gasteiger partial charge in [0.1, 0.15) is 0 Å². The summed E-state index contributed by atoms with van der Waals surface area (Å²) >= 11 is 3.40. The molecular weight excluding hydrogens is 294 g/mol. The Kier molecular flexibility index (Phi) is 4.78. The van der Waals surface area contributed by atoms with E-state index in [9.17, 15) is 4.79 Å². The molecule has 98 valence electrons. The van der Waals surface area contributed by atoms with Crippen LogP contribution in [0.3, 0.4) is 0 Å². The van der Waals surface area contributed by atoms with Crippen LogP contribution in [0.5, 0.6) is 0 Å². The van der Waals surface area contributed by atoms with Crippen molar-refractivity contribution in [2.75, 3.05) is 13.2 Å². The van der Waals surface area contributed by atoms with Crippen molar-refractivity contribution in [1.29, 1.82) is 0 Å². The van der Waals surface area contributed by atoms with Gasteiger partial charge in [-0.25, -0.2) is 0 Å². The molecule has 0 aliphatic carbocycles. The van der Waals surface area contributed by atoms with E-state index in [1.165, 1.54) is 0 Å². The zero-order valence-corrected chi connectivity index (χ0v) is 12.1. The van der Waals surface area contributed by atoms with E-state index in [0.29, 0.717) is 6.61 Å². The molecule has 1 amide bonds. The van der Waals surface area contributed by atoms with E-state index in [2.05, 4.69) is 21.2 Å². The predicted octanol–water partition coefficient (Wildman–Crippen LogP) is 3.05. The van der Waals surface area contributed by atoms with Crippen LogP contribution < -0.4 is 5.32 Å². The molecule has 4 heteroatoms. The normalized spacial score (nSPS) is 21.3. The number of benzene rings is 1. The molecule has 2 atom stereocenters. The number of rotatable bonds is 3. The largest absolute Gasteiger partial charge is 0.381 e. The van der Waals surface area contributed by atoms with Crippen LogP contribution in [0.1, 0.15) is 31.4 Å². The standard InChI is InChI=1S/C14H18BrNO2/c1-10(11-4-6-13(15)7-5-11)16-14(17)12-3-2-8-18-9-12/h4-7,10,12H,2-3,8-9H2,1H3,(H,16,17). The lowest BCUT2D eigenvalue weighted by Gasteiger charge is -2.23. The van der Waals surface area contributed by atoms with Gasteiger partial charge in [0, 0.05) is 11.1 Å². The Morgan fingerprint density at radius 3 is 2.78 bits per heavy atom. The minimum atomic E-state index is 0.0108. The van der Waals surface area contributed by atoms with Gasteiger partial charge in [0.2, 0.25) is 5.91 Å². The second kappa shape index (κ2) is 6.34. The molecule has 3 nitrogen and oxygen atoms in total. The molecule has 2 unspecified atom stereocenters. The quantitative estimate of drug-likeness (QED) is 0.931. The van der Waals surface area contributed by atoms with E-state index < -0.39 is 0 Å². The molecule has 1 N–H and O–H groups in total. The summed E-state index contributed by atoms with van der Waals surface area (Å²) in [7, 11) is 0. The third-order valence-corrected chi connectivity index (χ3v) is 3.79. The van der Waals surface area contributed by atoms with Crippen LogP contribution >= 0.6 is 15.9 Å². The van der Waals surface area contributed by atoms with Crippen LogP contribution in [-0.2, 0) is 9.53 Å². The Morgan fingerprint density at radius 2 is 2.17 bits per heavy atom. The zero-order chi connectivity index (χ0) is 13.0. The third kappa shape index (κ3) is 3.56. The molecule has 18 heavy (non-hydrogen) atoms. The Morgan fingerprint density at radius 1 is 1.44 bits per heavy atom. The van der Waals surface area contributed by atoms with Crippen LogP contribution in [0, 0.1) is 5.92 Å². The van der Waals surface area contributed by atoms with E-state index in [1.807, 2.05) is 31.2 Å². The van der Waals surface area contributed by atoms with Crippen molar-refractivity contribution in [2.45, 2.75) is 25.8 Å². The molecule has 1 aliphatic rings. The van der Waals surface area contributed by atoms with E-state index in [1.54, 1.807) is 0 Å². The van der Waals surface area contributed by atoms with Crippen molar-refractivity contribution < 1.29 is 9.53 Å². The van der Waals surface area contributed by atoms with Crippen molar-refractivity contribution in [1.82, 2.24) is 5.32 Å². The molecule has 1 aliphatic heterocycles. The van der Waals surface area contributed by atoms with Gasteiger partial charge in [0.05, 0.1) is 18.6 Å². The number of amides is 1. The van der Waals surface area contributed by atoms with Crippen molar-refractivity contribution in [2.24, 2.45) is 5.92 Å². The van der Waals surface area contributed by atoms with E-state index in [0.717, 1.165) is 29.5 Å². The highest BCUT2D eigenvalue weighted by Crippen LogP contribution is 2.19. The lowest BCUT2D eigenvalue weighted by atomic mass is 10.0. The highest BCUT2D eigenvalue weighted by molar-refractivity contribution is 9.10. The molecule has 0 bridgehead atoms. The Labute approximate surface area is 116 Å². The molecule has 1 aromatic rings. The van der Waals surface area contributed by atoms with Crippen LogP contribution in [0.25, 0.3) is 0 Å². The van der Waals surface area contributed by atoms with Gasteiger partial charge in [-0.2, -0.15) is 0 Å². The summed E-state index contributed by atoms with van der Waals surface area (Å²) in [6.07, 6.45) is 1.91. The summed E-state index contributed by atoms with van der Waals surface area (Å²) in [6, 6.07) is 8.05. The highest BCUT2D eigenvalue weighted by Gasteiger charge is 2.23. The fourth-order valence-corrected chi connectivity index (χ4v) is 2.38. The monoisotopic (exact) mass is 311 g/mol. The lowest BCUT2D eigenvalue weighted by Crippen LogP contribution is -2.36. The second-order valence-electron chi connectivity index (χ2n) is 4.70. The van der Waals surface area contributed by atoms with Gasteiger partial charge in [0.25, 0.3) is 0 Å². The van der Waals surface area contributed by atoms with Gasteiger partial charge < -0.3 is 10.1 Å². The highest BCUT2D eigenvalue weighted by atomic mass is 79.9. The van der Waals surface area contributed by atoms with Gasteiger partial charge in [-0.3, -0.25) is 4.79 Å². The second-order valence-corrected chi connectivity index (χ2v) is 5.61. The first-order valence-electron chi connectivity index (χ1n) is 6.30. The first-order chi connectivity index (χ1) is 8.66. The van der Waals surface area contributed by atoms with Gasteiger partial charge in [-0.1, -0.05) is 28.1 Å². The smallest absolute Gasteiger partial charge is 0.225 e. The Balaban J connectivity index is 1.91. The molecule has 1 heterocycles. The fraction of sp³-hybridized carbons (Fsp3) is 0.500. The van der Waals surface area contributed by atoms with Crippen molar-refractivity contribution in [3.63, 3.8) is 0 Å². The summed E-state index contributed by atoms with van der Waals surface area (Å²) < 4.78 is 6.39. The number of hydrogen-bond donors (Lipinski definition) is 1. The van der Waals surface area contributed by atoms with Gasteiger partial charge in [-0.05, 0) is 37.5 Å². The maximum Gasteiger partial charge on any atom is 0.225 e. The molecule has 0 radical (unpaired) electrons. The Hall–Kier alpha value is -0.870. The van der Waals surface area contributed by atoms with Gasteiger partial charge >= 0.3 is 0 Å². The average Bonchev–Trinajstić information content (AvgIpc) is 2.40. The first kappa shape index (κ1) is 13.6. The molecular formula is C14H18BrNO2. The molecule has 2 rings (SSSR count). The predicted molar refractivity (Wildman–Crippen MR) is 74.2 cm³/mol. The fourth-order valence-electron chi connectivity index (χ4n) is 2.11. The number of halogens is 1. The van der Waals surface area contributed by atoms with Crippen LogP contribution in [0.15, 0.2) is 28.7 Å². The summed E-state index contributed by atoms with van der Waals surface area (Å²) in [6.45, 7) is 3.34. The maximum atomic E-state index is 12.0. The van der Waals surface area contributed by atoms with Crippen LogP contribution in [0.4, 0.5) is 0 Å². The van der Waals surface area contributed by atoms with E-state index in [-0.39, 0.29) is 17.9 Å². The summed E-state index contributed by atoms with van der Waals surface area (Å²) in [5.74, 6) is 0.113. The Bertz CT molecular complexity index is 399. The number of hydrogen-bond acceptors (Lipinski definition) is 2. The minimum absolute atomic E-state index is 0.0108. The topological polar surface area (TPSA) is 38.3 Å². The number of nitrogens with one attached hydrogen (secondary N) is 1. The van der Waals surface area contributed by atoms with Crippen molar-refractivity contribution in [3.05, 3.63) is 34.3 Å². The minimum Gasteiger partial charge on any atom is -0.381 e. The lowest BCUT2D eigenvalue weighted by molar-refractivity contribution is -0.129. The summed E-state index contributed by atoms with van der Waals surface area (Å²) in [5.41, 5.74) is 1.11. The van der Waals surface area contributed by atoms with E-state index >= 15 is 0 Å². The number of carbonyl (C=O) groups excluding carboxylic acids is 1. The third-order valence-electron chi connectivity index (χ3n) is 3.26. The zero-order valence-electron chi connectivity index (χ0n) is 10.5. The molecule has 0 saturated carbocycles. The molecule has 0 spiro atoms. The van der Waals surface area contributed by atoms with Gasteiger partial charge in [0.15, 0.2) is 0 Å². The van der Waals surface area contributed by atoms with Crippen molar-refractivity contribution >= 4 is 21.8 Å². The number of ether oxygens (including phenoxy) is 1. The summed E-state index contributed by atoms with van der Waals surface area (Å²) in [5, 5.41) is 3.05. The molecule has 1 saturated heterocycles. The summed E-state index contributed by atoms with van der Waals surface area (Å²) in [4.78, 5) is 12.0. The average molecular weight is 312 g/mol. The van der Waals surface area contributed by atoms with Gasteiger partial charge in [-0.15, -0.1) is 0 Å². The molecule has 0 aromatic heterocycles. The van der Waals surface area contributed by atoms with Crippen LogP contribution in [0.2, 0.25) is 0 Å². The number of carbonyl (C=O) groups is 1.